The minimum absolute atomic E-state index is 0.118. The molecule has 0 aliphatic heterocycles. The zero-order valence-corrected chi connectivity index (χ0v) is 17.8. The van der Waals surface area contributed by atoms with Crippen molar-refractivity contribution < 1.29 is 29.0 Å². The van der Waals surface area contributed by atoms with E-state index in [-0.39, 0.29) is 36.2 Å². The number of hydrogen-bond donors (Lipinski definition) is 5. The maximum Gasteiger partial charge on any atom is 0.240 e. The van der Waals surface area contributed by atoms with Gasteiger partial charge in [0.1, 0.15) is 17.8 Å². The average Bonchev–Trinajstić information content (AvgIpc) is 2.70. The van der Waals surface area contributed by atoms with Crippen LogP contribution >= 0.6 is 0 Å². The molecule has 0 saturated heterocycles. The lowest BCUT2D eigenvalue weighted by Crippen LogP contribution is -2.44. The number of phenols is 1. The molecular formula is C22H26N4O6. The fourth-order valence-electron chi connectivity index (χ4n) is 3.00. The topological polar surface area (TPSA) is 174 Å². The molecule has 0 bridgehead atoms. The van der Waals surface area contributed by atoms with Gasteiger partial charge in [-0.05, 0) is 35.4 Å². The molecule has 2 unspecified atom stereocenters. The normalized spacial score (nSPS) is 12.3. The Labute approximate surface area is 184 Å². The monoisotopic (exact) mass is 442 g/mol. The molecule has 0 saturated carbocycles. The molecule has 2 aromatic carbocycles. The van der Waals surface area contributed by atoms with Crippen LogP contribution in [0.1, 0.15) is 25.0 Å². The molecule has 0 aromatic heterocycles. The lowest BCUT2D eigenvalue weighted by Gasteiger charge is -2.16. The van der Waals surface area contributed by atoms with Crippen LogP contribution < -0.4 is 26.8 Å². The van der Waals surface area contributed by atoms with Crippen LogP contribution in [0.15, 0.2) is 42.5 Å². The molecule has 0 aliphatic rings. The van der Waals surface area contributed by atoms with Gasteiger partial charge >= 0.3 is 0 Å². The van der Waals surface area contributed by atoms with Crippen LogP contribution in [0.4, 0.5) is 0 Å². The largest absolute Gasteiger partial charge is 0.504 e. The van der Waals surface area contributed by atoms with E-state index in [1.807, 2.05) is 0 Å². The van der Waals surface area contributed by atoms with E-state index in [2.05, 4.69) is 10.6 Å². The number of nitrogens with one attached hydrogen (secondary N) is 2. The van der Waals surface area contributed by atoms with Crippen molar-refractivity contribution in [1.82, 2.24) is 10.6 Å². The van der Waals surface area contributed by atoms with Gasteiger partial charge in [0.15, 0.2) is 11.5 Å². The molecule has 170 valence electrons. The summed E-state index contributed by atoms with van der Waals surface area (Å²) >= 11 is 0. The second-order valence-corrected chi connectivity index (χ2v) is 7.27. The Bertz CT molecular complexity index is 1010. The lowest BCUT2D eigenvalue weighted by molar-refractivity contribution is -0.126. The van der Waals surface area contributed by atoms with E-state index >= 15 is 0 Å². The number of carbonyl (C=O) groups is 4. The summed E-state index contributed by atoms with van der Waals surface area (Å²) in [5.74, 6) is -1.63. The van der Waals surface area contributed by atoms with Crippen LogP contribution in [0.25, 0.3) is 0 Å². The van der Waals surface area contributed by atoms with E-state index in [0.717, 1.165) is 5.56 Å². The third-order valence-corrected chi connectivity index (χ3v) is 4.50. The van der Waals surface area contributed by atoms with Crippen LogP contribution in [0, 0.1) is 0 Å². The summed E-state index contributed by atoms with van der Waals surface area (Å²) in [6.45, 7) is 2.59. The lowest BCUT2D eigenvalue weighted by atomic mass is 10.0. The molecule has 0 heterocycles. The molecule has 2 aromatic rings. The highest BCUT2D eigenvalue weighted by molar-refractivity contribution is 5.86. The molecule has 2 atom stereocenters. The van der Waals surface area contributed by atoms with Crippen LogP contribution in [0.3, 0.4) is 0 Å². The Morgan fingerprint density at radius 3 is 1.78 bits per heavy atom. The summed E-state index contributed by atoms with van der Waals surface area (Å²) in [4.78, 5) is 45.5. The van der Waals surface area contributed by atoms with Crippen molar-refractivity contribution in [2.75, 3.05) is 0 Å². The van der Waals surface area contributed by atoms with Crippen molar-refractivity contribution in [1.29, 1.82) is 0 Å². The van der Waals surface area contributed by atoms with E-state index in [1.54, 1.807) is 36.4 Å². The molecule has 0 aliphatic carbocycles. The number of hydrogen-bond acceptors (Lipinski definition) is 6. The summed E-state index contributed by atoms with van der Waals surface area (Å²) in [6.07, 6.45) is 0.343. The SMILES string of the molecule is CC(=O)NC(Cc1ccc(Oc2cc(CC(NC(C)=O)C(N)=O)ccc2O)cc1)C(N)=O. The van der Waals surface area contributed by atoms with Gasteiger partial charge in [0.25, 0.3) is 0 Å². The van der Waals surface area contributed by atoms with Gasteiger partial charge in [0.2, 0.25) is 23.6 Å². The van der Waals surface area contributed by atoms with Crippen LogP contribution in [-0.2, 0) is 32.0 Å². The third-order valence-electron chi connectivity index (χ3n) is 4.50. The zero-order valence-electron chi connectivity index (χ0n) is 17.8. The van der Waals surface area contributed by atoms with Gasteiger partial charge in [-0.1, -0.05) is 18.2 Å². The van der Waals surface area contributed by atoms with Gasteiger partial charge in [0.05, 0.1) is 0 Å². The summed E-state index contributed by atoms with van der Waals surface area (Å²) in [6, 6.07) is 9.49. The van der Waals surface area contributed by atoms with Crippen molar-refractivity contribution in [3.8, 4) is 17.2 Å². The molecule has 7 N–H and O–H groups in total. The van der Waals surface area contributed by atoms with Crippen molar-refractivity contribution in [3.05, 3.63) is 53.6 Å². The fourth-order valence-corrected chi connectivity index (χ4v) is 3.00. The maximum atomic E-state index is 11.6. The number of phenolic OH excluding ortho intramolecular Hbond substituents is 1. The fraction of sp³-hybridized carbons (Fsp3) is 0.273. The molecule has 10 nitrogen and oxygen atoms in total. The minimum Gasteiger partial charge on any atom is -0.504 e. The second kappa shape index (κ2) is 10.8. The quantitative estimate of drug-likeness (QED) is 0.352. The Morgan fingerprint density at radius 2 is 1.31 bits per heavy atom. The van der Waals surface area contributed by atoms with Crippen LogP contribution in [0.2, 0.25) is 0 Å². The van der Waals surface area contributed by atoms with Gasteiger partial charge in [0, 0.05) is 26.7 Å². The highest BCUT2D eigenvalue weighted by Gasteiger charge is 2.19. The molecular weight excluding hydrogens is 416 g/mol. The highest BCUT2D eigenvalue weighted by Crippen LogP contribution is 2.32. The number of ether oxygens (including phenoxy) is 1. The van der Waals surface area contributed by atoms with Gasteiger partial charge in [-0.3, -0.25) is 19.2 Å². The predicted molar refractivity (Wildman–Crippen MR) is 116 cm³/mol. The molecule has 10 heteroatoms. The Balaban J connectivity index is 2.12. The minimum atomic E-state index is -0.897. The Morgan fingerprint density at radius 1 is 0.844 bits per heavy atom. The molecule has 0 fully saturated rings. The number of aromatic hydroxyl groups is 1. The summed E-state index contributed by atoms with van der Waals surface area (Å²) in [5.41, 5.74) is 12.0. The first-order chi connectivity index (χ1) is 15.0. The summed E-state index contributed by atoms with van der Waals surface area (Å²) in [7, 11) is 0. The average molecular weight is 442 g/mol. The van der Waals surface area contributed by atoms with Crippen molar-refractivity contribution in [2.24, 2.45) is 11.5 Å². The number of amides is 4. The summed E-state index contributed by atoms with van der Waals surface area (Å²) < 4.78 is 5.73. The molecule has 4 amide bonds. The Kier molecular flexibility index (Phi) is 8.17. The molecule has 0 spiro atoms. The number of nitrogens with two attached hydrogens (primary N) is 2. The van der Waals surface area contributed by atoms with E-state index in [9.17, 15) is 24.3 Å². The van der Waals surface area contributed by atoms with Gasteiger partial charge in [-0.2, -0.15) is 0 Å². The van der Waals surface area contributed by atoms with Crippen molar-refractivity contribution in [2.45, 2.75) is 38.8 Å². The standard InChI is InChI=1S/C22H26N4O6/c1-12(27)25-17(21(23)30)9-14-3-6-16(7-4-14)32-20-11-15(5-8-19(20)29)10-18(22(24)31)26-13(2)28/h3-8,11,17-18,29H,9-10H2,1-2H3,(H2,23,30)(H2,24,31)(H,25,27)(H,26,28). The van der Waals surface area contributed by atoms with Crippen LogP contribution in [0.5, 0.6) is 17.2 Å². The third kappa shape index (κ3) is 7.31. The van der Waals surface area contributed by atoms with E-state index < -0.39 is 23.9 Å². The molecule has 0 radical (unpaired) electrons. The highest BCUT2D eigenvalue weighted by atomic mass is 16.5. The Hall–Kier alpha value is -4.08. The predicted octanol–water partition coefficient (Wildman–Crippen LogP) is 0.250. The first-order valence-corrected chi connectivity index (χ1v) is 9.76. The molecule has 2 rings (SSSR count). The number of primary amides is 2. The van der Waals surface area contributed by atoms with E-state index in [1.165, 1.54) is 19.9 Å². The smallest absolute Gasteiger partial charge is 0.240 e. The van der Waals surface area contributed by atoms with E-state index in [0.29, 0.717) is 11.3 Å². The van der Waals surface area contributed by atoms with E-state index in [4.69, 9.17) is 16.2 Å². The van der Waals surface area contributed by atoms with Crippen molar-refractivity contribution >= 4 is 23.6 Å². The van der Waals surface area contributed by atoms with Crippen molar-refractivity contribution in [3.63, 3.8) is 0 Å². The van der Waals surface area contributed by atoms with Crippen LogP contribution in [-0.4, -0.2) is 40.8 Å². The zero-order chi connectivity index (χ0) is 23.8. The second-order valence-electron chi connectivity index (χ2n) is 7.27. The first-order valence-electron chi connectivity index (χ1n) is 9.76. The van der Waals surface area contributed by atoms with Gasteiger partial charge in [-0.15, -0.1) is 0 Å². The van der Waals surface area contributed by atoms with Gasteiger partial charge in [-0.25, -0.2) is 0 Å². The first kappa shape index (κ1) is 24.2. The molecule has 32 heavy (non-hydrogen) atoms. The number of benzene rings is 2. The maximum absolute atomic E-state index is 11.6. The summed E-state index contributed by atoms with van der Waals surface area (Å²) in [5, 5.41) is 15.1. The number of carbonyl (C=O) groups excluding carboxylic acids is 4. The number of rotatable bonds is 10. The van der Waals surface area contributed by atoms with Gasteiger partial charge < -0.3 is 31.9 Å².